The van der Waals surface area contributed by atoms with Crippen molar-refractivity contribution in [3.8, 4) is 17.3 Å². The monoisotopic (exact) mass is 487 g/mol. The molecule has 3 aromatic heterocycles. The van der Waals surface area contributed by atoms with Crippen molar-refractivity contribution in [2.75, 3.05) is 4.90 Å². The van der Waals surface area contributed by atoms with Crippen LogP contribution in [0, 0.1) is 11.8 Å². The summed E-state index contributed by atoms with van der Waals surface area (Å²) in [5, 5.41) is 14.5. The number of aromatic carboxylic acids is 1. The number of benzene rings is 1. The van der Waals surface area contributed by atoms with Gasteiger partial charge in [0.15, 0.2) is 11.4 Å². The third kappa shape index (κ3) is 4.48. The highest BCUT2D eigenvalue weighted by atomic mass is 16.4. The topological polar surface area (TPSA) is 114 Å². The fraction of sp³-hybridized carbons (Fsp3) is 0.370. The largest absolute Gasteiger partial charge is 0.477 e. The molecule has 0 bridgehead atoms. The van der Waals surface area contributed by atoms with Crippen LogP contribution in [0.1, 0.15) is 56.8 Å². The lowest BCUT2D eigenvalue weighted by molar-refractivity contribution is -0.124. The smallest absolute Gasteiger partial charge is 0.341 e. The van der Waals surface area contributed by atoms with E-state index in [1.165, 1.54) is 10.9 Å². The van der Waals surface area contributed by atoms with E-state index in [1.54, 1.807) is 23.2 Å². The minimum Gasteiger partial charge on any atom is -0.477 e. The Balaban J connectivity index is 1.46. The number of fused-ring (bicyclic) bond motifs is 1. The Bertz CT molecular complexity index is 1360. The number of carbonyl (C=O) groups is 2. The molecule has 9 heteroatoms. The standard InChI is InChI=1S/C27H29N5O4/c1-16(2)32(26(33)18-10-8-17(3)9-11-18)24-20(27(34)35)15-31(30-24)19-12-13-22(28-14-19)25-29-21-6-4-5-7-23(21)36-25/h4-7,12-18H,8-11H2,1-3H3,(H,34,35)/t17-,18-. The van der Waals surface area contributed by atoms with Gasteiger partial charge in [-0.1, -0.05) is 19.1 Å². The highest BCUT2D eigenvalue weighted by Crippen LogP contribution is 2.33. The van der Waals surface area contributed by atoms with E-state index in [-0.39, 0.29) is 29.2 Å². The van der Waals surface area contributed by atoms with Gasteiger partial charge >= 0.3 is 5.97 Å². The molecule has 1 saturated carbocycles. The molecule has 0 atom stereocenters. The van der Waals surface area contributed by atoms with E-state index in [0.29, 0.717) is 28.8 Å². The summed E-state index contributed by atoms with van der Waals surface area (Å²) < 4.78 is 7.24. The minimum absolute atomic E-state index is 0.0238. The first kappa shape index (κ1) is 23.7. The van der Waals surface area contributed by atoms with Crippen LogP contribution in [-0.2, 0) is 4.79 Å². The van der Waals surface area contributed by atoms with Crippen molar-refractivity contribution in [3.05, 3.63) is 54.4 Å². The fourth-order valence-electron chi connectivity index (χ4n) is 4.76. The zero-order chi connectivity index (χ0) is 25.4. The summed E-state index contributed by atoms with van der Waals surface area (Å²) in [6.45, 7) is 5.96. The highest BCUT2D eigenvalue weighted by Gasteiger charge is 2.34. The molecule has 0 saturated heterocycles. The number of aromatic nitrogens is 4. The summed E-state index contributed by atoms with van der Waals surface area (Å²) in [6, 6.07) is 10.8. The molecular formula is C27H29N5O4. The van der Waals surface area contributed by atoms with Crippen LogP contribution in [0.3, 0.4) is 0 Å². The molecule has 1 aliphatic rings. The molecule has 186 valence electrons. The number of carbonyl (C=O) groups excluding carboxylic acids is 1. The summed E-state index contributed by atoms with van der Waals surface area (Å²) in [4.78, 5) is 36.1. The molecule has 0 radical (unpaired) electrons. The van der Waals surface area contributed by atoms with E-state index in [9.17, 15) is 14.7 Å². The number of amides is 1. The van der Waals surface area contributed by atoms with Gasteiger partial charge in [-0.05, 0) is 69.7 Å². The van der Waals surface area contributed by atoms with Crippen molar-refractivity contribution in [1.82, 2.24) is 19.7 Å². The fourth-order valence-corrected chi connectivity index (χ4v) is 4.76. The SMILES string of the molecule is CC(C)N(c1nn(-c2ccc(-c3nc4ccccc4o3)nc2)cc1C(=O)O)C(=O)[C@H]1CC[C@H](C)CC1. The summed E-state index contributed by atoms with van der Waals surface area (Å²) in [7, 11) is 0. The molecule has 0 spiro atoms. The van der Waals surface area contributed by atoms with Crippen molar-refractivity contribution in [2.24, 2.45) is 11.8 Å². The molecular weight excluding hydrogens is 458 g/mol. The van der Waals surface area contributed by atoms with Crippen LogP contribution in [0.2, 0.25) is 0 Å². The third-order valence-corrected chi connectivity index (χ3v) is 6.80. The number of hydrogen-bond acceptors (Lipinski definition) is 6. The molecule has 4 aromatic rings. The summed E-state index contributed by atoms with van der Waals surface area (Å²) in [6.07, 6.45) is 6.64. The van der Waals surface area contributed by atoms with Crippen LogP contribution in [0.15, 0.2) is 53.2 Å². The molecule has 1 fully saturated rings. The molecule has 1 amide bonds. The zero-order valence-corrected chi connectivity index (χ0v) is 20.6. The van der Waals surface area contributed by atoms with Gasteiger partial charge < -0.3 is 9.52 Å². The Hall–Kier alpha value is -4.01. The normalized spacial score (nSPS) is 18.0. The first-order valence-corrected chi connectivity index (χ1v) is 12.3. The Morgan fingerprint density at radius 1 is 1.11 bits per heavy atom. The van der Waals surface area contributed by atoms with E-state index >= 15 is 0 Å². The van der Waals surface area contributed by atoms with Crippen LogP contribution in [0.25, 0.3) is 28.4 Å². The number of oxazole rings is 1. The molecule has 1 aliphatic carbocycles. The van der Waals surface area contributed by atoms with E-state index < -0.39 is 5.97 Å². The maximum absolute atomic E-state index is 13.5. The van der Waals surface area contributed by atoms with Gasteiger partial charge in [-0.25, -0.2) is 19.4 Å². The molecule has 36 heavy (non-hydrogen) atoms. The third-order valence-electron chi connectivity index (χ3n) is 6.80. The Kier molecular flexibility index (Phi) is 6.30. The molecule has 1 N–H and O–H groups in total. The van der Waals surface area contributed by atoms with Crippen molar-refractivity contribution in [1.29, 1.82) is 0 Å². The van der Waals surface area contributed by atoms with Gasteiger partial charge in [0, 0.05) is 18.2 Å². The first-order chi connectivity index (χ1) is 17.3. The predicted octanol–water partition coefficient (Wildman–Crippen LogP) is 5.34. The molecule has 3 heterocycles. The van der Waals surface area contributed by atoms with E-state index in [4.69, 9.17) is 4.42 Å². The number of rotatable bonds is 6. The van der Waals surface area contributed by atoms with Crippen LogP contribution >= 0.6 is 0 Å². The number of nitrogens with zero attached hydrogens (tertiary/aromatic N) is 5. The second kappa shape index (κ2) is 9.56. The maximum atomic E-state index is 13.5. The lowest BCUT2D eigenvalue weighted by Crippen LogP contribution is -2.43. The van der Waals surface area contributed by atoms with Crippen molar-refractivity contribution >= 4 is 28.8 Å². The van der Waals surface area contributed by atoms with Gasteiger partial charge in [0.1, 0.15) is 16.8 Å². The van der Waals surface area contributed by atoms with E-state index in [2.05, 4.69) is 22.0 Å². The van der Waals surface area contributed by atoms with E-state index in [0.717, 1.165) is 31.2 Å². The summed E-state index contributed by atoms with van der Waals surface area (Å²) in [5.41, 5.74) is 2.50. The molecule has 0 unspecified atom stereocenters. The van der Waals surface area contributed by atoms with Gasteiger partial charge in [-0.3, -0.25) is 9.69 Å². The zero-order valence-electron chi connectivity index (χ0n) is 20.6. The van der Waals surface area contributed by atoms with Crippen LogP contribution < -0.4 is 4.90 Å². The second-order valence-corrected chi connectivity index (χ2v) is 9.76. The number of carboxylic acids is 1. The molecule has 1 aromatic carbocycles. The lowest BCUT2D eigenvalue weighted by atomic mass is 9.82. The van der Waals surface area contributed by atoms with Crippen LogP contribution in [-0.4, -0.2) is 42.8 Å². The predicted molar refractivity (Wildman–Crippen MR) is 135 cm³/mol. The molecule has 9 nitrogen and oxygen atoms in total. The van der Waals surface area contributed by atoms with Gasteiger partial charge in [0.2, 0.25) is 11.8 Å². The number of hydrogen-bond donors (Lipinski definition) is 1. The van der Waals surface area contributed by atoms with Crippen molar-refractivity contribution in [3.63, 3.8) is 0 Å². The quantitative estimate of drug-likeness (QED) is 0.390. The first-order valence-electron chi connectivity index (χ1n) is 12.3. The molecule has 0 aliphatic heterocycles. The Morgan fingerprint density at radius 3 is 2.50 bits per heavy atom. The number of para-hydroxylation sites is 2. The van der Waals surface area contributed by atoms with Crippen molar-refractivity contribution < 1.29 is 19.1 Å². The second-order valence-electron chi connectivity index (χ2n) is 9.76. The Morgan fingerprint density at radius 2 is 1.86 bits per heavy atom. The Labute approximate surface area is 208 Å². The van der Waals surface area contributed by atoms with Crippen LogP contribution in [0.5, 0.6) is 0 Å². The number of carboxylic acid groups (broad SMARTS) is 1. The average molecular weight is 488 g/mol. The lowest BCUT2D eigenvalue weighted by Gasteiger charge is -2.32. The number of anilines is 1. The van der Waals surface area contributed by atoms with Crippen molar-refractivity contribution in [2.45, 2.75) is 52.5 Å². The summed E-state index contributed by atoms with van der Waals surface area (Å²) >= 11 is 0. The van der Waals surface area contributed by atoms with Gasteiger partial charge in [0.25, 0.3) is 0 Å². The number of pyridine rings is 1. The maximum Gasteiger partial charge on any atom is 0.341 e. The molecule has 5 rings (SSSR count). The van der Waals surface area contributed by atoms with Crippen LogP contribution in [0.4, 0.5) is 5.82 Å². The highest BCUT2D eigenvalue weighted by molar-refractivity contribution is 6.01. The van der Waals surface area contributed by atoms with E-state index in [1.807, 2.05) is 38.1 Å². The van der Waals surface area contributed by atoms with Gasteiger partial charge in [0.05, 0.1) is 11.9 Å². The summed E-state index contributed by atoms with van der Waals surface area (Å²) in [5.74, 6) is -0.150. The van der Waals surface area contributed by atoms with Gasteiger partial charge in [-0.2, -0.15) is 0 Å². The van der Waals surface area contributed by atoms with Gasteiger partial charge in [-0.15, -0.1) is 5.10 Å². The minimum atomic E-state index is -1.14. The average Bonchev–Trinajstić information content (AvgIpc) is 3.49.